The summed E-state index contributed by atoms with van der Waals surface area (Å²) < 4.78 is 5.77. The van der Waals surface area contributed by atoms with E-state index < -0.39 is 0 Å². The molecule has 2 N–H and O–H groups in total. The van der Waals surface area contributed by atoms with Gasteiger partial charge in [-0.1, -0.05) is 35.3 Å². The molecule has 1 aromatic carbocycles. The number of rotatable bonds is 7. The number of benzene rings is 1. The summed E-state index contributed by atoms with van der Waals surface area (Å²) in [5, 5.41) is 8.95. The van der Waals surface area contributed by atoms with Crippen molar-refractivity contribution in [1.82, 2.24) is 15.5 Å². The average Bonchev–Trinajstić information content (AvgIpc) is 3.17. The van der Waals surface area contributed by atoms with Crippen molar-refractivity contribution < 1.29 is 9.53 Å². The van der Waals surface area contributed by atoms with Crippen LogP contribution in [0.25, 0.3) is 0 Å². The molecule has 5 nitrogen and oxygen atoms in total. The molecule has 3 rings (SSSR count). The number of urea groups is 1. The first-order chi connectivity index (χ1) is 13.1. The van der Waals surface area contributed by atoms with Gasteiger partial charge in [0.15, 0.2) is 0 Å². The highest BCUT2D eigenvalue weighted by Gasteiger charge is 2.21. The molecular formula is C19H23Cl2N3O2S. The van der Waals surface area contributed by atoms with Gasteiger partial charge in [0.2, 0.25) is 0 Å². The van der Waals surface area contributed by atoms with Crippen LogP contribution in [-0.4, -0.2) is 49.8 Å². The molecule has 2 amide bonds. The number of thiophene rings is 1. The third-order valence-corrected chi connectivity index (χ3v) is 6.02. The zero-order valence-corrected chi connectivity index (χ0v) is 17.2. The molecule has 0 aliphatic carbocycles. The molecular weight excluding hydrogens is 405 g/mol. The quantitative estimate of drug-likeness (QED) is 0.706. The minimum Gasteiger partial charge on any atom is -0.374 e. The van der Waals surface area contributed by atoms with Gasteiger partial charge in [-0.15, -0.1) is 11.3 Å². The van der Waals surface area contributed by atoms with Crippen molar-refractivity contribution in [3.63, 3.8) is 0 Å². The summed E-state index contributed by atoms with van der Waals surface area (Å²) in [7, 11) is 0. The van der Waals surface area contributed by atoms with Gasteiger partial charge in [-0.3, -0.25) is 4.90 Å². The number of carbonyl (C=O) groups excluding carboxylic acids is 1. The fourth-order valence-electron chi connectivity index (χ4n) is 2.97. The normalized spacial score (nSPS) is 17.6. The van der Waals surface area contributed by atoms with Gasteiger partial charge in [0.05, 0.1) is 22.8 Å². The van der Waals surface area contributed by atoms with Crippen molar-refractivity contribution >= 4 is 40.6 Å². The molecule has 8 heteroatoms. The summed E-state index contributed by atoms with van der Waals surface area (Å²) in [5.41, 5.74) is 1.12. The lowest BCUT2D eigenvalue weighted by Gasteiger charge is -2.33. The molecule has 1 aliphatic rings. The second-order valence-corrected chi connectivity index (χ2v) is 8.29. The van der Waals surface area contributed by atoms with Crippen LogP contribution in [0, 0.1) is 0 Å². The maximum Gasteiger partial charge on any atom is 0.314 e. The summed E-state index contributed by atoms with van der Waals surface area (Å²) in [6.45, 7) is 4.15. The number of nitrogens with zero attached hydrogens (tertiary/aromatic N) is 1. The summed E-state index contributed by atoms with van der Waals surface area (Å²) in [6, 6.07) is 9.63. The summed E-state index contributed by atoms with van der Waals surface area (Å²) in [6.07, 6.45) is 0.826. The Kier molecular flexibility index (Phi) is 7.79. The van der Waals surface area contributed by atoms with E-state index in [1.54, 1.807) is 11.3 Å². The van der Waals surface area contributed by atoms with E-state index in [4.69, 9.17) is 27.9 Å². The highest BCUT2D eigenvalue weighted by Crippen LogP contribution is 2.23. The van der Waals surface area contributed by atoms with Crippen LogP contribution in [0.4, 0.5) is 4.79 Å². The molecule has 0 radical (unpaired) electrons. The third-order valence-electron chi connectivity index (χ3n) is 4.34. The SMILES string of the molecule is O=C(NCCc1cccs1)NCC1CN(Cc2ccc(Cl)c(Cl)c2)CCO1. The molecule has 1 aromatic heterocycles. The van der Waals surface area contributed by atoms with E-state index in [2.05, 4.69) is 21.6 Å². The molecule has 1 atom stereocenters. The average molecular weight is 428 g/mol. The second kappa shape index (κ2) is 10.3. The van der Waals surface area contributed by atoms with Crippen molar-refractivity contribution in [2.24, 2.45) is 0 Å². The minimum atomic E-state index is -0.156. The largest absolute Gasteiger partial charge is 0.374 e. The lowest BCUT2D eigenvalue weighted by Crippen LogP contribution is -2.48. The number of morpholine rings is 1. The number of halogens is 2. The monoisotopic (exact) mass is 427 g/mol. The van der Waals surface area contributed by atoms with Gasteiger partial charge in [0.25, 0.3) is 0 Å². The van der Waals surface area contributed by atoms with E-state index in [0.29, 0.717) is 29.7 Å². The smallest absolute Gasteiger partial charge is 0.314 e. The molecule has 1 aliphatic heterocycles. The molecule has 2 aromatic rings. The van der Waals surface area contributed by atoms with Gasteiger partial charge in [0.1, 0.15) is 0 Å². The van der Waals surface area contributed by atoms with Gasteiger partial charge >= 0.3 is 6.03 Å². The number of nitrogens with one attached hydrogen (secondary N) is 2. The number of carbonyl (C=O) groups is 1. The number of ether oxygens (including phenoxy) is 1. The van der Waals surface area contributed by atoms with Gasteiger partial charge in [-0.05, 0) is 35.6 Å². The van der Waals surface area contributed by atoms with Crippen LogP contribution in [0.5, 0.6) is 0 Å². The Morgan fingerprint density at radius 2 is 2.15 bits per heavy atom. The molecule has 0 saturated carbocycles. The van der Waals surface area contributed by atoms with Crippen LogP contribution in [0.1, 0.15) is 10.4 Å². The van der Waals surface area contributed by atoms with Crippen molar-refractivity contribution in [3.05, 3.63) is 56.2 Å². The Morgan fingerprint density at radius 1 is 1.26 bits per heavy atom. The van der Waals surface area contributed by atoms with Gasteiger partial charge < -0.3 is 15.4 Å². The molecule has 0 spiro atoms. The molecule has 27 heavy (non-hydrogen) atoms. The topological polar surface area (TPSA) is 53.6 Å². The fourth-order valence-corrected chi connectivity index (χ4v) is 4.00. The van der Waals surface area contributed by atoms with Gasteiger partial charge in [0, 0.05) is 37.6 Å². The molecule has 1 unspecified atom stereocenters. The van der Waals surface area contributed by atoms with Gasteiger partial charge in [-0.25, -0.2) is 4.79 Å². The summed E-state index contributed by atoms with van der Waals surface area (Å²) in [4.78, 5) is 15.5. The molecule has 146 valence electrons. The van der Waals surface area contributed by atoms with Crippen molar-refractivity contribution in [2.45, 2.75) is 19.1 Å². The van der Waals surface area contributed by atoms with Crippen molar-refractivity contribution in [3.8, 4) is 0 Å². The van der Waals surface area contributed by atoms with E-state index in [-0.39, 0.29) is 12.1 Å². The highest BCUT2D eigenvalue weighted by molar-refractivity contribution is 7.09. The number of hydrogen-bond acceptors (Lipinski definition) is 4. The maximum absolute atomic E-state index is 11.9. The first-order valence-corrected chi connectivity index (χ1v) is 10.6. The lowest BCUT2D eigenvalue weighted by molar-refractivity contribution is -0.0287. The lowest BCUT2D eigenvalue weighted by atomic mass is 10.2. The Labute approximate surface area is 173 Å². The predicted octanol–water partition coefficient (Wildman–Crippen LogP) is 3.80. The highest BCUT2D eigenvalue weighted by atomic mass is 35.5. The van der Waals surface area contributed by atoms with Crippen LogP contribution >= 0.6 is 34.5 Å². The van der Waals surface area contributed by atoms with E-state index in [1.165, 1.54) is 4.88 Å². The molecule has 1 fully saturated rings. The Bertz CT molecular complexity index is 743. The Hall–Kier alpha value is -1.31. The van der Waals surface area contributed by atoms with Gasteiger partial charge in [-0.2, -0.15) is 0 Å². The van der Waals surface area contributed by atoms with Crippen LogP contribution < -0.4 is 10.6 Å². The molecule has 1 saturated heterocycles. The van der Waals surface area contributed by atoms with Crippen LogP contribution in [0.15, 0.2) is 35.7 Å². The van der Waals surface area contributed by atoms with Crippen LogP contribution in [0.2, 0.25) is 10.0 Å². The maximum atomic E-state index is 11.9. The third kappa shape index (κ3) is 6.66. The molecule has 2 heterocycles. The minimum absolute atomic E-state index is 0.0235. The Morgan fingerprint density at radius 3 is 2.93 bits per heavy atom. The molecule has 0 bridgehead atoms. The standard InChI is InChI=1S/C19H23Cl2N3O2S/c20-17-4-3-14(10-18(17)21)12-24-7-8-26-15(13-24)11-23-19(25)22-6-5-16-2-1-9-27-16/h1-4,9-10,15H,5-8,11-13H2,(H2,22,23,25). The number of hydrogen-bond donors (Lipinski definition) is 2. The van der Waals surface area contributed by atoms with Crippen LogP contribution in [-0.2, 0) is 17.7 Å². The number of amides is 2. The zero-order chi connectivity index (χ0) is 19.1. The second-order valence-electron chi connectivity index (χ2n) is 6.44. The summed E-state index contributed by atoms with van der Waals surface area (Å²) in [5.74, 6) is 0. The van der Waals surface area contributed by atoms with E-state index in [9.17, 15) is 4.79 Å². The van der Waals surface area contributed by atoms with Crippen LogP contribution in [0.3, 0.4) is 0 Å². The first kappa shape index (κ1) is 20.4. The van der Waals surface area contributed by atoms with E-state index in [1.807, 2.05) is 29.6 Å². The summed E-state index contributed by atoms with van der Waals surface area (Å²) >= 11 is 13.8. The fraction of sp³-hybridized carbons (Fsp3) is 0.421. The Balaban J connectivity index is 1.37. The van der Waals surface area contributed by atoms with E-state index in [0.717, 1.165) is 31.6 Å². The van der Waals surface area contributed by atoms with Crippen molar-refractivity contribution in [2.75, 3.05) is 32.8 Å². The van der Waals surface area contributed by atoms with E-state index >= 15 is 0 Å². The zero-order valence-electron chi connectivity index (χ0n) is 14.9. The first-order valence-electron chi connectivity index (χ1n) is 8.92. The van der Waals surface area contributed by atoms with Crippen molar-refractivity contribution in [1.29, 1.82) is 0 Å². The predicted molar refractivity (Wildman–Crippen MR) is 111 cm³/mol.